The average molecular weight is 264 g/mol. The first-order valence-corrected chi connectivity index (χ1v) is 6.75. The minimum absolute atomic E-state index is 0.0827. The third-order valence-corrected chi connectivity index (χ3v) is 3.47. The van der Waals surface area contributed by atoms with Gasteiger partial charge in [-0.05, 0) is 31.0 Å². The Hall–Kier alpha value is -2.42. The molecule has 0 amide bonds. The van der Waals surface area contributed by atoms with Crippen LogP contribution in [0.1, 0.15) is 22.3 Å². The number of rotatable bonds is 3. The largest absolute Gasteiger partial charge is 0.274 e. The second-order valence-electron chi connectivity index (χ2n) is 4.98. The molecule has 1 heterocycles. The summed E-state index contributed by atoms with van der Waals surface area (Å²) in [6.45, 7) is 2.06. The molecule has 3 aromatic rings. The van der Waals surface area contributed by atoms with Crippen LogP contribution in [-0.2, 0) is 6.42 Å². The summed E-state index contributed by atoms with van der Waals surface area (Å²) < 4.78 is 1.64. The van der Waals surface area contributed by atoms with Gasteiger partial charge in [-0.2, -0.15) is 0 Å². The molecule has 1 aromatic heterocycles. The summed E-state index contributed by atoms with van der Waals surface area (Å²) in [7, 11) is 0. The Kier molecular flexibility index (Phi) is 3.33. The van der Waals surface area contributed by atoms with Crippen LogP contribution in [0.4, 0.5) is 0 Å². The topological polar surface area (TPSA) is 34.9 Å². The maximum atomic E-state index is 12.3. The number of aryl methyl sites for hydroxylation is 2. The van der Waals surface area contributed by atoms with Crippen LogP contribution in [0.2, 0.25) is 0 Å². The molecule has 0 fully saturated rings. The number of carbonyl (C=O) groups is 1. The molecule has 20 heavy (non-hydrogen) atoms. The van der Waals surface area contributed by atoms with Gasteiger partial charge in [-0.1, -0.05) is 42.0 Å². The first kappa shape index (κ1) is 12.6. The fourth-order valence-corrected chi connectivity index (χ4v) is 2.28. The maximum absolute atomic E-state index is 12.3. The molecule has 3 heteroatoms. The zero-order valence-corrected chi connectivity index (χ0v) is 11.4. The van der Waals surface area contributed by atoms with Crippen molar-refractivity contribution in [2.45, 2.75) is 19.8 Å². The first-order chi connectivity index (χ1) is 9.74. The minimum atomic E-state index is 0.0827. The Morgan fingerprint density at radius 2 is 1.85 bits per heavy atom. The smallest absolute Gasteiger partial charge is 0.232 e. The van der Waals surface area contributed by atoms with Gasteiger partial charge in [0.1, 0.15) is 6.33 Å². The van der Waals surface area contributed by atoms with Crippen LogP contribution in [-0.4, -0.2) is 15.5 Å². The number of imidazole rings is 1. The summed E-state index contributed by atoms with van der Waals surface area (Å²) in [6, 6.07) is 16.0. The van der Waals surface area contributed by atoms with Crippen molar-refractivity contribution in [2.75, 3.05) is 0 Å². The molecule has 0 aliphatic heterocycles. The van der Waals surface area contributed by atoms with Crippen molar-refractivity contribution in [3.05, 3.63) is 66.0 Å². The lowest BCUT2D eigenvalue weighted by molar-refractivity contribution is 0.0907. The number of nitrogens with zero attached hydrogens (tertiary/aromatic N) is 2. The highest BCUT2D eigenvalue weighted by Crippen LogP contribution is 2.13. The molecule has 0 bridgehead atoms. The van der Waals surface area contributed by atoms with E-state index in [0.717, 1.165) is 17.5 Å². The highest BCUT2D eigenvalue weighted by atomic mass is 16.2. The Morgan fingerprint density at radius 1 is 1.10 bits per heavy atom. The predicted molar refractivity (Wildman–Crippen MR) is 79.9 cm³/mol. The predicted octanol–water partition coefficient (Wildman–Crippen LogP) is 3.62. The van der Waals surface area contributed by atoms with Crippen molar-refractivity contribution in [2.24, 2.45) is 0 Å². The highest BCUT2D eigenvalue weighted by molar-refractivity contribution is 5.90. The lowest BCUT2D eigenvalue weighted by Gasteiger charge is -2.04. The molecular weight excluding hydrogens is 248 g/mol. The fourth-order valence-electron chi connectivity index (χ4n) is 2.28. The van der Waals surface area contributed by atoms with E-state index in [2.05, 4.69) is 36.2 Å². The van der Waals surface area contributed by atoms with E-state index in [-0.39, 0.29) is 5.91 Å². The van der Waals surface area contributed by atoms with Crippen LogP contribution in [0.15, 0.2) is 54.9 Å². The molecule has 0 aliphatic rings. The van der Waals surface area contributed by atoms with Gasteiger partial charge >= 0.3 is 0 Å². The van der Waals surface area contributed by atoms with Crippen LogP contribution in [0.25, 0.3) is 11.0 Å². The molecule has 0 radical (unpaired) electrons. The van der Waals surface area contributed by atoms with Gasteiger partial charge < -0.3 is 0 Å². The SMILES string of the molecule is Cc1ccc(CCC(=O)n2cnc3ccccc32)cc1. The van der Waals surface area contributed by atoms with E-state index in [1.807, 2.05) is 24.3 Å². The molecule has 0 unspecified atom stereocenters. The van der Waals surface area contributed by atoms with Gasteiger partial charge in [0.05, 0.1) is 11.0 Å². The second-order valence-corrected chi connectivity index (χ2v) is 4.98. The lowest BCUT2D eigenvalue weighted by Crippen LogP contribution is -2.10. The van der Waals surface area contributed by atoms with Crippen LogP contribution < -0.4 is 0 Å². The highest BCUT2D eigenvalue weighted by Gasteiger charge is 2.09. The van der Waals surface area contributed by atoms with Gasteiger partial charge in [0.2, 0.25) is 5.91 Å². The van der Waals surface area contributed by atoms with E-state index >= 15 is 0 Å². The molecule has 0 saturated carbocycles. The van der Waals surface area contributed by atoms with E-state index in [1.165, 1.54) is 11.1 Å². The molecule has 2 aromatic carbocycles. The van der Waals surface area contributed by atoms with E-state index in [9.17, 15) is 4.79 Å². The number of fused-ring (bicyclic) bond motifs is 1. The number of aromatic nitrogens is 2. The third kappa shape index (κ3) is 2.48. The van der Waals surface area contributed by atoms with Gasteiger partial charge in [0, 0.05) is 6.42 Å². The number of para-hydroxylation sites is 2. The Morgan fingerprint density at radius 3 is 2.65 bits per heavy atom. The van der Waals surface area contributed by atoms with Crippen LogP contribution in [0.5, 0.6) is 0 Å². The molecule has 0 aliphatic carbocycles. The molecule has 0 N–H and O–H groups in total. The van der Waals surface area contributed by atoms with Crippen molar-refractivity contribution in [1.82, 2.24) is 9.55 Å². The van der Waals surface area contributed by atoms with E-state index in [0.29, 0.717) is 6.42 Å². The number of carbonyl (C=O) groups excluding carboxylic acids is 1. The number of hydrogen-bond acceptors (Lipinski definition) is 2. The van der Waals surface area contributed by atoms with E-state index in [4.69, 9.17) is 0 Å². The fraction of sp³-hybridized carbons (Fsp3) is 0.176. The minimum Gasteiger partial charge on any atom is -0.274 e. The molecule has 0 saturated heterocycles. The summed E-state index contributed by atoms with van der Waals surface area (Å²) in [6.07, 6.45) is 2.86. The molecule has 0 atom stereocenters. The number of benzene rings is 2. The summed E-state index contributed by atoms with van der Waals surface area (Å²) in [5, 5.41) is 0. The van der Waals surface area contributed by atoms with Crippen molar-refractivity contribution >= 4 is 16.9 Å². The molecule has 0 spiro atoms. The van der Waals surface area contributed by atoms with Gasteiger partial charge in [0.15, 0.2) is 0 Å². The normalized spacial score (nSPS) is 10.8. The van der Waals surface area contributed by atoms with Crippen LogP contribution in [0, 0.1) is 6.92 Å². The average Bonchev–Trinajstić information content (AvgIpc) is 2.90. The Labute approximate surface area is 117 Å². The van der Waals surface area contributed by atoms with Crippen molar-refractivity contribution in [1.29, 1.82) is 0 Å². The summed E-state index contributed by atoms with van der Waals surface area (Å²) in [4.78, 5) is 16.5. The van der Waals surface area contributed by atoms with Crippen molar-refractivity contribution < 1.29 is 4.79 Å². The Bertz CT molecular complexity index is 741. The quantitative estimate of drug-likeness (QED) is 0.724. The maximum Gasteiger partial charge on any atom is 0.232 e. The number of hydrogen-bond donors (Lipinski definition) is 0. The summed E-state index contributed by atoms with van der Waals surface area (Å²) >= 11 is 0. The van der Waals surface area contributed by atoms with Gasteiger partial charge in [-0.3, -0.25) is 9.36 Å². The van der Waals surface area contributed by atoms with Gasteiger partial charge in [-0.15, -0.1) is 0 Å². The Balaban J connectivity index is 1.75. The van der Waals surface area contributed by atoms with E-state index in [1.54, 1.807) is 10.9 Å². The molecular formula is C17H16N2O. The van der Waals surface area contributed by atoms with E-state index < -0.39 is 0 Å². The van der Waals surface area contributed by atoms with Crippen molar-refractivity contribution in [3.63, 3.8) is 0 Å². The standard InChI is InChI=1S/C17H16N2O/c1-13-6-8-14(9-7-13)10-11-17(20)19-12-18-15-4-2-3-5-16(15)19/h2-9,12H,10-11H2,1H3. The van der Waals surface area contributed by atoms with Crippen LogP contribution >= 0.6 is 0 Å². The molecule has 3 nitrogen and oxygen atoms in total. The van der Waals surface area contributed by atoms with Crippen molar-refractivity contribution in [3.8, 4) is 0 Å². The first-order valence-electron chi connectivity index (χ1n) is 6.75. The molecule has 3 rings (SSSR count). The zero-order chi connectivity index (χ0) is 13.9. The lowest BCUT2D eigenvalue weighted by atomic mass is 10.1. The zero-order valence-electron chi connectivity index (χ0n) is 11.4. The van der Waals surface area contributed by atoms with Crippen LogP contribution in [0.3, 0.4) is 0 Å². The van der Waals surface area contributed by atoms with Gasteiger partial charge in [-0.25, -0.2) is 4.98 Å². The second kappa shape index (κ2) is 5.29. The summed E-state index contributed by atoms with van der Waals surface area (Å²) in [5.41, 5.74) is 4.16. The summed E-state index contributed by atoms with van der Waals surface area (Å²) in [5.74, 6) is 0.0827. The molecule has 100 valence electrons. The van der Waals surface area contributed by atoms with Gasteiger partial charge in [0.25, 0.3) is 0 Å². The third-order valence-electron chi connectivity index (χ3n) is 3.47. The monoisotopic (exact) mass is 264 g/mol.